The predicted molar refractivity (Wildman–Crippen MR) is 85.3 cm³/mol. The number of thioether (sulfide) groups is 1. The van der Waals surface area contributed by atoms with Crippen molar-refractivity contribution < 1.29 is 4.52 Å². The van der Waals surface area contributed by atoms with E-state index < -0.39 is 0 Å². The van der Waals surface area contributed by atoms with Gasteiger partial charge in [-0.15, -0.1) is 11.8 Å². The molecule has 1 saturated carbocycles. The second kappa shape index (κ2) is 5.81. The minimum absolute atomic E-state index is 0.0958. The van der Waals surface area contributed by atoms with E-state index in [9.17, 15) is 0 Å². The van der Waals surface area contributed by atoms with Crippen LogP contribution in [-0.4, -0.2) is 22.4 Å². The average molecular weight is 303 g/mol. The summed E-state index contributed by atoms with van der Waals surface area (Å²) in [7, 11) is 0. The lowest BCUT2D eigenvalue weighted by atomic mass is 9.72. The van der Waals surface area contributed by atoms with Crippen LogP contribution < -0.4 is 5.73 Å². The van der Waals surface area contributed by atoms with Gasteiger partial charge in [0.25, 0.3) is 0 Å². The van der Waals surface area contributed by atoms with E-state index in [1.165, 1.54) is 17.7 Å². The molecule has 0 aliphatic heterocycles. The van der Waals surface area contributed by atoms with Crippen molar-refractivity contribution in [1.29, 1.82) is 0 Å². The van der Waals surface area contributed by atoms with Gasteiger partial charge in [-0.2, -0.15) is 4.98 Å². The van der Waals surface area contributed by atoms with Gasteiger partial charge in [-0.1, -0.05) is 18.0 Å². The molecule has 1 aromatic heterocycles. The minimum Gasteiger partial charge on any atom is -0.338 e. The van der Waals surface area contributed by atoms with E-state index in [-0.39, 0.29) is 11.5 Å². The zero-order valence-corrected chi connectivity index (χ0v) is 13.3. The van der Waals surface area contributed by atoms with Gasteiger partial charge in [-0.25, -0.2) is 0 Å². The molecule has 0 amide bonds. The van der Waals surface area contributed by atoms with Crippen LogP contribution >= 0.6 is 11.8 Å². The summed E-state index contributed by atoms with van der Waals surface area (Å²) in [5.41, 5.74) is 7.09. The number of nitrogens with zero attached hydrogens (tertiary/aromatic N) is 2. The highest BCUT2D eigenvalue weighted by molar-refractivity contribution is 7.98. The van der Waals surface area contributed by atoms with E-state index >= 15 is 0 Å². The molecule has 2 N–H and O–H groups in total. The summed E-state index contributed by atoms with van der Waals surface area (Å²) in [6.45, 7) is 2.14. The van der Waals surface area contributed by atoms with Crippen molar-refractivity contribution in [1.82, 2.24) is 10.1 Å². The lowest BCUT2D eigenvalue weighted by Crippen LogP contribution is -2.45. The van der Waals surface area contributed by atoms with E-state index in [4.69, 9.17) is 10.3 Å². The molecule has 112 valence electrons. The summed E-state index contributed by atoms with van der Waals surface area (Å²) >= 11 is 1.72. The van der Waals surface area contributed by atoms with Gasteiger partial charge in [-0.05, 0) is 50.3 Å². The molecule has 1 aromatic carbocycles. The highest BCUT2D eigenvalue weighted by atomic mass is 32.2. The summed E-state index contributed by atoms with van der Waals surface area (Å²) in [4.78, 5) is 5.84. The van der Waals surface area contributed by atoms with Crippen LogP contribution in [0.4, 0.5) is 0 Å². The van der Waals surface area contributed by atoms with Gasteiger partial charge in [0, 0.05) is 16.5 Å². The van der Waals surface area contributed by atoms with Crippen LogP contribution in [0, 0.1) is 0 Å². The quantitative estimate of drug-likeness (QED) is 0.877. The number of hydrogen-bond donors (Lipinski definition) is 1. The topological polar surface area (TPSA) is 64.9 Å². The summed E-state index contributed by atoms with van der Waals surface area (Å²) in [6.07, 6.45) is 6.46. The Balaban J connectivity index is 1.88. The first-order valence-corrected chi connectivity index (χ1v) is 8.60. The Morgan fingerprint density at radius 1 is 1.29 bits per heavy atom. The van der Waals surface area contributed by atoms with Crippen LogP contribution in [0.5, 0.6) is 0 Å². The molecule has 1 fully saturated rings. The highest BCUT2D eigenvalue weighted by Crippen LogP contribution is 2.38. The van der Waals surface area contributed by atoms with Gasteiger partial charge in [0.2, 0.25) is 11.7 Å². The maximum Gasteiger partial charge on any atom is 0.234 e. The summed E-state index contributed by atoms with van der Waals surface area (Å²) in [5.74, 6) is 1.33. The number of rotatable bonds is 3. The van der Waals surface area contributed by atoms with Crippen LogP contribution in [0.25, 0.3) is 11.4 Å². The number of hydrogen-bond acceptors (Lipinski definition) is 5. The number of aromatic nitrogens is 2. The summed E-state index contributed by atoms with van der Waals surface area (Å²) < 4.78 is 5.54. The molecule has 1 aliphatic carbocycles. The van der Waals surface area contributed by atoms with Crippen LogP contribution in [0.2, 0.25) is 0 Å². The van der Waals surface area contributed by atoms with Gasteiger partial charge < -0.3 is 10.3 Å². The molecule has 0 radical (unpaired) electrons. The molecule has 1 heterocycles. The maximum absolute atomic E-state index is 6.30. The van der Waals surface area contributed by atoms with Crippen LogP contribution in [0.3, 0.4) is 0 Å². The first-order chi connectivity index (χ1) is 10.1. The molecule has 0 bridgehead atoms. The predicted octanol–water partition coefficient (Wildman–Crippen LogP) is 3.62. The van der Waals surface area contributed by atoms with E-state index in [1.54, 1.807) is 11.8 Å². The molecule has 2 aromatic rings. The zero-order valence-electron chi connectivity index (χ0n) is 12.5. The van der Waals surface area contributed by atoms with Crippen molar-refractivity contribution in [3.63, 3.8) is 0 Å². The van der Waals surface area contributed by atoms with Crippen LogP contribution in [-0.2, 0) is 5.41 Å². The molecule has 1 aliphatic rings. The third kappa shape index (κ3) is 2.72. The van der Waals surface area contributed by atoms with Crippen molar-refractivity contribution in [2.45, 2.75) is 49.0 Å². The fourth-order valence-corrected chi connectivity index (χ4v) is 3.35. The highest BCUT2D eigenvalue weighted by Gasteiger charge is 2.40. The lowest BCUT2D eigenvalue weighted by Gasteiger charge is -2.35. The van der Waals surface area contributed by atoms with E-state index in [2.05, 4.69) is 35.5 Å². The zero-order chi connectivity index (χ0) is 14.9. The van der Waals surface area contributed by atoms with Gasteiger partial charge in [0.05, 0.1) is 5.41 Å². The number of nitrogens with two attached hydrogens (primary N) is 1. The fourth-order valence-electron chi connectivity index (χ4n) is 2.94. The molecule has 0 spiro atoms. The number of benzene rings is 1. The average Bonchev–Trinajstić information content (AvgIpc) is 3.01. The lowest BCUT2D eigenvalue weighted by molar-refractivity contribution is 0.203. The van der Waals surface area contributed by atoms with Gasteiger partial charge in [0.15, 0.2) is 0 Å². The SMILES string of the molecule is CSc1ccc(-c2noc(C3(C)CCCCC3N)n2)cc1. The molecule has 5 heteroatoms. The molecule has 4 nitrogen and oxygen atoms in total. The third-order valence-corrected chi connectivity index (χ3v) is 5.29. The van der Waals surface area contributed by atoms with Crippen molar-refractivity contribution in [3.05, 3.63) is 30.2 Å². The smallest absolute Gasteiger partial charge is 0.234 e. The Hall–Kier alpha value is -1.33. The van der Waals surface area contributed by atoms with Crippen molar-refractivity contribution >= 4 is 11.8 Å². The molecule has 0 saturated heterocycles. The van der Waals surface area contributed by atoms with Crippen molar-refractivity contribution in [2.75, 3.05) is 6.26 Å². The van der Waals surface area contributed by atoms with Crippen LogP contribution in [0.15, 0.2) is 33.7 Å². The summed E-state index contributed by atoms with van der Waals surface area (Å²) in [5, 5.41) is 4.15. The largest absolute Gasteiger partial charge is 0.338 e. The molecule has 2 unspecified atom stereocenters. The normalized spacial score (nSPS) is 26.0. The Kier molecular flexibility index (Phi) is 4.04. The second-order valence-corrected chi connectivity index (χ2v) is 6.80. The standard InChI is InChI=1S/C16H21N3OS/c1-16(10-4-3-5-13(16)17)15-18-14(19-20-15)11-6-8-12(21-2)9-7-11/h6-9,13H,3-5,10,17H2,1-2H3. The van der Waals surface area contributed by atoms with Crippen molar-refractivity contribution in [2.24, 2.45) is 5.73 Å². The second-order valence-electron chi connectivity index (χ2n) is 5.92. The molecule has 3 rings (SSSR count). The Labute approximate surface area is 129 Å². The molecular weight excluding hydrogens is 282 g/mol. The fraction of sp³-hybridized carbons (Fsp3) is 0.500. The first-order valence-electron chi connectivity index (χ1n) is 7.38. The third-order valence-electron chi connectivity index (χ3n) is 4.54. The Morgan fingerprint density at radius 2 is 2.05 bits per heavy atom. The molecule has 2 atom stereocenters. The van der Waals surface area contributed by atoms with Gasteiger partial charge >= 0.3 is 0 Å². The van der Waals surface area contributed by atoms with E-state index in [0.29, 0.717) is 11.7 Å². The summed E-state index contributed by atoms with van der Waals surface area (Å²) in [6, 6.07) is 8.31. The monoisotopic (exact) mass is 303 g/mol. The molecule has 21 heavy (non-hydrogen) atoms. The minimum atomic E-state index is -0.192. The van der Waals surface area contributed by atoms with E-state index in [0.717, 1.165) is 18.4 Å². The Morgan fingerprint density at radius 3 is 2.71 bits per heavy atom. The first kappa shape index (κ1) is 14.6. The van der Waals surface area contributed by atoms with Gasteiger partial charge in [0.1, 0.15) is 0 Å². The molecular formula is C16H21N3OS. The van der Waals surface area contributed by atoms with E-state index in [1.807, 2.05) is 12.1 Å². The maximum atomic E-state index is 6.30. The van der Waals surface area contributed by atoms with Crippen LogP contribution in [0.1, 0.15) is 38.5 Å². The Bertz CT molecular complexity index is 610. The van der Waals surface area contributed by atoms with Gasteiger partial charge in [-0.3, -0.25) is 0 Å². The van der Waals surface area contributed by atoms with Crippen molar-refractivity contribution in [3.8, 4) is 11.4 Å².